The second-order valence-electron chi connectivity index (χ2n) is 4.68. The van der Waals surface area contributed by atoms with E-state index in [0.717, 1.165) is 6.07 Å². The summed E-state index contributed by atoms with van der Waals surface area (Å²) in [5.74, 6) is -2.12. The summed E-state index contributed by atoms with van der Waals surface area (Å²) in [4.78, 5) is 24.7. The summed E-state index contributed by atoms with van der Waals surface area (Å²) in [5.41, 5.74) is -0.221. The fraction of sp³-hybridized carbons (Fsp3) is 0.429. The van der Waals surface area contributed by atoms with Gasteiger partial charge in [0.05, 0.1) is 19.8 Å². The predicted octanol–water partition coefficient (Wildman–Crippen LogP) is 1.53. The van der Waals surface area contributed by atoms with Crippen LogP contribution in [-0.4, -0.2) is 48.7 Å². The first-order valence-electron chi connectivity index (χ1n) is 6.45. The smallest absolute Gasteiger partial charge is 0.326 e. The topological polar surface area (TPSA) is 76.1 Å². The number of halogens is 1. The highest BCUT2D eigenvalue weighted by Crippen LogP contribution is 2.31. The second-order valence-corrected chi connectivity index (χ2v) is 4.68. The van der Waals surface area contributed by atoms with Gasteiger partial charge in [0.25, 0.3) is 5.91 Å². The van der Waals surface area contributed by atoms with Gasteiger partial charge in [-0.2, -0.15) is 0 Å². The third kappa shape index (κ3) is 2.76. The molecule has 1 aliphatic rings. The Morgan fingerprint density at radius 2 is 1.90 bits per heavy atom. The van der Waals surface area contributed by atoms with Crippen LogP contribution in [0.25, 0.3) is 0 Å². The van der Waals surface area contributed by atoms with Gasteiger partial charge in [-0.15, -0.1) is 0 Å². The average molecular weight is 297 g/mol. The van der Waals surface area contributed by atoms with Crippen LogP contribution >= 0.6 is 0 Å². The Balaban J connectivity index is 2.37. The van der Waals surface area contributed by atoms with Gasteiger partial charge in [0.2, 0.25) is 0 Å². The molecule has 0 radical (unpaired) electrons. The number of hydrogen-bond donors (Lipinski definition) is 1. The molecule has 0 aromatic heterocycles. The van der Waals surface area contributed by atoms with Gasteiger partial charge < -0.3 is 19.5 Å². The SMILES string of the molecule is COc1cc(F)c(C(=O)N2CCC[C@H]2C(=O)O)cc1OC. The minimum atomic E-state index is -1.08. The van der Waals surface area contributed by atoms with Crippen molar-refractivity contribution in [1.29, 1.82) is 0 Å². The lowest BCUT2D eigenvalue weighted by molar-refractivity contribution is -0.141. The molecule has 6 nitrogen and oxygen atoms in total. The Labute approximate surface area is 121 Å². The molecule has 1 aliphatic heterocycles. The number of nitrogens with zero attached hydrogens (tertiary/aromatic N) is 1. The van der Waals surface area contributed by atoms with Crippen LogP contribution in [0.5, 0.6) is 11.5 Å². The lowest BCUT2D eigenvalue weighted by Crippen LogP contribution is -2.40. The van der Waals surface area contributed by atoms with Gasteiger partial charge in [0, 0.05) is 12.6 Å². The average Bonchev–Trinajstić information content (AvgIpc) is 2.95. The van der Waals surface area contributed by atoms with E-state index in [9.17, 15) is 14.0 Å². The molecule has 0 bridgehead atoms. The van der Waals surface area contributed by atoms with Crippen LogP contribution in [0.3, 0.4) is 0 Å². The molecule has 114 valence electrons. The van der Waals surface area contributed by atoms with Gasteiger partial charge in [0.15, 0.2) is 11.5 Å². The summed E-state index contributed by atoms with van der Waals surface area (Å²) in [7, 11) is 2.74. The van der Waals surface area contributed by atoms with Crippen molar-refractivity contribution < 1.29 is 28.6 Å². The van der Waals surface area contributed by atoms with Gasteiger partial charge in [0.1, 0.15) is 11.9 Å². The van der Waals surface area contributed by atoms with E-state index in [1.807, 2.05) is 0 Å². The molecule has 2 rings (SSSR count). The summed E-state index contributed by atoms with van der Waals surface area (Å²) in [5, 5.41) is 9.10. The molecule has 21 heavy (non-hydrogen) atoms. The second kappa shape index (κ2) is 5.99. The van der Waals surface area contributed by atoms with Crippen molar-refractivity contribution in [2.24, 2.45) is 0 Å². The number of carbonyl (C=O) groups is 2. The normalized spacial score (nSPS) is 17.7. The Kier molecular flexibility index (Phi) is 4.30. The fourth-order valence-corrected chi connectivity index (χ4v) is 2.44. The van der Waals surface area contributed by atoms with Gasteiger partial charge in [-0.05, 0) is 18.9 Å². The van der Waals surface area contributed by atoms with E-state index >= 15 is 0 Å². The lowest BCUT2D eigenvalue weighted by Gasteiger charge is -2.22. The van der Waals surface area contributed by atoms with Gasteiger partial charge >= 0.3 is 5.97 Å². The largest absolute Gasteiger partial charge is 0.493 e. The summed E-state index contributed by atoms with van der Waals surface area (Å²) < 4.78 is 24.0. The molecule has 1 N–H and O–H groups in total. The van der Waals surface area contributed by atoms with Crippen LogP contribution in [0.2, 0.25) is 0 Å². The molecule has 1 saturated heterocycles. The van der Waals surface area contributed by atoms with E-state index in [1.54, 1.807) is 0 Å². The molecule has 1 heterocycles. The summed E-state index contributed by atoms with van der Waals surface area (Å²) >= 11 is 0. The maximum atomic E-state index is 14.1. The number of carboxylic acids is 1. The van der Waals surface area contributed by atoms with Crippen molar-refractivity contribution in [3.05, 3.63) is 23.5 Å². The molecular weight excluding hydrogens is 281 g/mol. The van der Waals surface area contributed by atoms with Crippen molar-refractivity contribution >= 4 is 11.9 Å². The Hall–Kier alpha value is -2.31. The summed E-state index contributed by atoms with van der Waals surface area (Å²) in [6, 6.07) is 1.37. The Morgan fingerprint density at radius 1 is 1.29 bits per heavy atom. The minimum Gasteiger partial charge on any atom is -0.493 e. The third-order valence-corrected chi connectivity index (χ3v) is 3.50. The molecule has 1 aromatic rings. The number of aliphatic carboxylic acids is 1. The molecular formula is C14H16FNO5. The van der Waals surface area contributed by atoms with Crippen LogP contribution in [-0.2, 0) is 4.79 Å². The maximum absolute atomic E-state index is 14.1. The standard InChI is InChI=1S/C14H16FNO5/c1-20-11-6-8(9(15)7-12(11)21-2)13(17)16-5-3-4-10(16)14(18)19/h6-7,10H,3-5H2,1-2H3,(H,18,19)/t10-/m0/s1. The van der Waals surface area contributed by atoms with E-state index in [-0.39, 0.29) is 17.1 Å². The monoisotopic (exact) mass is 297 g/mol. The molecule has 1 fully saturated rings. The number of benzene rings is 1. The zero-order chi connectivity index (χ0) is 15.6. The molecule has 0 aliphatic carbocycles. The van der Waals surface area contributed by atoms with Gasteiger partial charge in [-0.1, -0.05) is 0 Å². The third-order valence-electron chi connectivity index (χ3n) is 3.50. The first-order chi connectivity index (χ1) is 9.99. The van der Waals surface area contributed by atoms with Crippen molar-refractivity contribution in [3.63, 3.8) is 0 Å². The van der Waals surface area contributed by atoms with E-state index in [0.29, 0.717) is 19.4 Å². The van der Waals surface area contributed by atoms with E-state index in [4.69, 9.17) is 14.6 Å². The van der Waals surface area contributed by atoms with Crippen molar-refractivity contribution in [2.75, 3.05) is 20.8 Å². The van der Waals surface area contributed by atoms with Crippen LogP contribution in [0.4, 0.5) is 4.39 Å². The minimum absolute atomic E-state index is 0.169. The number of hydrogen-bond acceptors (Lipinski definition) is 4. The highest BCUT2D eigenvalue weighted by Gasteiger charge is 2.35. The van der Waals surface area contributed by atoms with Crippen molar-refractivity contribution in [1.82, 2.24) is 4.90 Å². The number of carbonyl (C=O) groups excluding carboxylic acids is 1. The Morgan fingerprint density at radius 3 is 2.48 bits per heavy atom. The Bertz CT molecular complexity index is 575. The first kappa shape index (κ1) is 15.1. The first-order valence-corrected chi connectivity index (χ1v) is 6.45. The zero-order valence-electron chi connectivity index (χ0n) is 11.8. The van der Waals surface area contributed by atoms with Crippen LogP contribution in [0.1, 0.15) is 23.2 Å². The number of carboxylic acid groups (broad SMARTS) is 1. The van der Waals surface area contributed by atoms with Crippen LogP contribution < -0.4 is 9.47 Å². The molecule has 0 unspecified atom stereocenters. The molecule has 1 atom stereocenters. The predicted molar refractivity (Wildman–Crippen MR) is 71.2 cm³/mol. The summed E-state index contributed by atoms with van der Waals surface area (Å²) in [6.07, 6.45) is 0.952. The summed E-state index contributed by atoms with van der Waals surface area (Å²) in [6.45, 7) is 0.295. The maximum Gasteiger partial charge on any atom is 0.326 e. The number of likely N-dealkylation sites (tertiary alicyclic amines) is 1. The van der Waals surface area contributed by atoms with E-state index < -0.39 is 23.7 Å². The van der Waals surface area contributed by atoms with E-state index in [2.05, 4.69) is 0 Å². The fourth-order valence-electron chi connectivity index (χ4n) is 2.44. The quantitative estimate of drug-likeness (QED) is 0.912. The highest BCUT2D eigenvalue weighted by molar-refractivity contribution is 5.97. The van der Waals surface area contributed by atoms with Crippen molar-refractivity contribution in [2.45, 2.75) is 18.9 Å². The van der Waals surface area contributed by atoms with Crippen LogP contribution in [0.15, 0.2) is 12.1 Å². The number of methoxy groups -OCH3 is 2. The van der Waals surface area contributed by atoms with Crippen LogP contribution in [0, 0.1) is 5.82 Å². The lowest BCUT2D eigenvalue weighted by atomic mass is 10.1. The molecule has 1 amide bonds. The molecule has 0 spiro atoms. The zero-order valence-corrected chi connectivity index (χ0v) is 11.8. The van der Waals surface area contributed by atoms with Gasteiger partial charge in [-0.25, -0.2) is 9.18 Å². The molecule has 7 heteroatoms. The number of ether oxygens (including phenoxy) is 2. The number of amides is 1. The number of rotatable bonds is 4. The van der Waals surface area contributed by atoms with Crippen molar-refractivity contribution in [3.8, 4) is 11.5 Å². The highest BCUT2D eigenvalue weighted by atomic mass is 19.1. The molecule has 1 aromatic carbocycles. The van der Waals surface area contributed by atoms with E-state index in [1.165, 1.54) is 25.2 Å². The molecule has 0 saturated carbocycles. The van der Waals surface area contributed by atoms with Gasteiger partial charge in [-0.3, -0.25) is 4.79 Å².